The Morgan fingerprint density at radius 1 is 1.57 bits per heavy atom. The molecule has 2 aromatic rings. The van der Waals surface area contributed by atoms with Crippen molar-refractivity contribution in [2.45, 2.75) is 0 Å². The summed E-state index contributed by atoms with van der Waals surface area (Å²) in [4.78, 5) is 7.29. The lowest BCUT2D eigenvalue weighted by Crippen LogP contribution is -1.76. The van der Waals surface area contributed by atoms with Crippen molar-refractivity contribution in [2.75, 3.05) is 5.75 Å². The second kappa shape index (κ2) is 4.07. The zero-order chi connectivity index (χ0) is 9.97. The average molecular weight is 267 g/mol. The lowest BCUT2D eigenvalue weighted by Gasteiger charge is -1.90. The van der Waals surface area contributed by atoms with Gasteiger partial charge in [-0.2, -0.15) is 12.6 Å². The van der Waals surface area contributed by atoms with E-state index in [1.54, 1.807) is 6.20 Å². The first-order valence-electron chi connectivity index (χ1n) is 4.03. The van der Waals surface area contributed by atoms with E-state index in [1.165, 1.54) is 0 Å². The van der Waals surface area contributed by atoms with Crippen LogP contribution in [0, 0.1) is 11.8 Å². The monoisotopic (exact) mass is 266 g/mol. The molecule has 4 heteroatoms. The summed E-state index contributed by atoms with van der Waals surface area (Å²) in [6.45, 7) is 0. The molecule has 0 unspecified atom stereocenters. The summed E-state index contributed by atoms with van der Waals surface area (Å²) in [5.41, 5.74) is 1.82. The van der Waals surface area contributed by atoms with Crippen molar-refractivity contribution in [1.82, 2.24) is 9.97 Å². The lowest BCUT2D eigenvalue weighted by atomic mass is 10.2. The third kappa shape index (κ3) is 1.79. The zero-order valence-electron chi connectivity index (χ0n) is 7.21. The molecule has 0 aliphatic heterocycles. The molecule has 0 aliphatic rings. The molecule has 2 nitrogen and oxygen atoms in total. The highest BCUT2D eigenvalue weighted by molar-refractivity contribution is 9.10. The number of hydrogen-bond acceptors (Lipinski definition) is 2. The van der Waals surface area contributed by atoms with E-state index in [2.05, 4.69) is 50.4 Å². The van der Waals surface area contributed by atoms with Gasteiger partial charge < -0.3 is 4.98 Å². The molecule has 14 heavy (non-hydrogen) atoms. The van der Waals surface area contributed by atoms with Gasteiger partial charge in [-0.25, -0.2) is 4.98 Å². The van der Waals surface area contributed by atoms with Gasteiger partial charge in [0.2, 0.25) is 0 Å². The van der Waals surface area contributed by atoms with Gasteiger partial charge in [-0.05, 0) is 22.0 Å². The van der Waals surface area contributed by atoms with Crippen LogP contribution < -0.4 is 0 Å². The fourth-order valence-corrected chi connectivity index (χ4v) is 1.63. The van der Waals surface area contributed by atoms with Crippen molar-refractivity contribution >= 4 is 39.6 Å². The summed E-state index contributed by atoms with van der Waals surface area (Å²) in [5.74, 6) is 6.50. The number of halogens is 1. The maximum Gasteiger partial charge on any atom is 0.138 e. The topological polar surface area (TPSA) is 28.7 Å². The third-order valence-electron chi connectivity index (χ3n) is 1.80. The van der Waals surface area contributed by atoms with Gasteiger partial charge in [-0.1, -0.05) is 11.8 Å². The maximum atomic E-state index is 4.22. The Balaban J connectivity index is 2.61. The van der Waals surface area contributed by atoms with Crippen molar-refractivity contribution in [2.24, 2.45) is 0 Å². The largest absolute Gasteiger partial charge is 0.345 e. The molecule has 1 N–H and O–H groups in total. The summed E-state index contributed by atoms with van der Waals surface area (Å²) in [5, 5.41) is 1.04. The number of aromatic amines is 1. The molecule has 0 fully saturated rings. The van der Waals surface area contributed by atoms with Crippen LogP contribution in [-0.4, -0.2) is 15.7 Å². The van der Waals surface area contributed by atoms with Crippen LogP contribution in [0.25, 0.3) is 11.0 Å². The van der Waals surface area contributed by atoms with Crippen LogP contribution in [0.3, 0.4) is 0 Å². The Labute approximate surface area is 95.7 Å². The van der Waals surface area contributed by atoms with E-state index >= 15 is 0 Å². The highest BCUT2D eigenvalue weighted by atomic mass is 79.9. The molecule has 0 saturated heterocycles. The first-order valence-corrected chi connectivity index (χ1v) is 5.46. The summed E-state index contributed by atoms with van der Waals surface area (Å²) in [6.07, 6.45) is 3.62. The third-order valence-corrected chi connectivity index (χ3v) is 2.39. The molecule has 70 valence electrons. The van der Waals surface area contributed by atoms with E-state index in [-0.39, 0.29) is 0 Å². The molecule has 0 bridgehead atoms. The summed E-state index contributed by atoms with van der Waals surface area (Å²) < 4.78 is 0.957. The second-order valence-corrected chi connectivity index (χ2v) is 3.94. The average Bonchev–Trinajstić information content (AvgIpc) is 2.57. The summed E-state index contributed by atoms with van der Waals surface area (Å²) in [7, 11) is 0. The number of H-pyrrole nitrogens is 1. The standard InChI is InChI=1S/C10H7BrN2S/c11-8-4-9-7(2-1-3-14)5-12-10(9)13-6-8/h4-6,14H,3H2,(H,12,13). The van der Waals surface area contributed by atoms with Crippen LogP contribution in [0.15, 0.2) is 22.9 Å². The second-order valence-electron chi connectivity index (χ2n) is 2.71. The van der Waals surface area contributed by atoms with E-state index in [0.29, 0.717) is 5.75 Å². The van der Waals surface area contributed by atoms with Crippen LogP contribution in [0.5, 0.6) is 0 Å². The van der Waals surface area contributed by atoms with Crippen molar-refractivity contribution in [1.29, 1.82) is 0 Å². The fourth-order valence-electron chi connectivity index (χ4n) is 1.22. The number of fused-ring (bicyclic) bond motifs is 1. The molecule has 2 rings (SSSR count). The molecule has 2 heterocycles. The number of nitrogens with zero attached hydrogens (tertiary/aromatic N) is 1. The quantitative estimate of drug-likeness (QED) is 0.557. The van der Waals surface area contributed by atoms with Crippen LogP contribution in [0.2, 0.25) is 0 Å². The Morgan fingerprint density at radius 2 is 2.43 bits per heavy atom. The van der Waals surface area contributed by atoms with Crippen LogP contribution >= 0.6 is 28.6 Å². The molecule has 0 aromatic carbocycles. The minimum Gasteiger partial charge on any atom is -0.345 e. The summed E-state index contributed by atoms with van der Waals surface area (Å²) in [6, 6.07) is 2.00. The summed E-state index contributed by atoms with van der Waals surface area (Å²) >= 11 is 7.42. The van der Waals surface area contributed by atoms with E-state index in [0.717, 1.165) is 21.1 Å². The molecule has 0 atom stereocenters. The molecule has 0 amide bonds. The molecular formula is C10H7BrN2S. The van der Waals surface area contributed by atoms with Gasteiger partial charge in [0.25, 0.3) is 0 Å². The first-order chi connectivity index (χ1) is 6.81. The molecule has 0 aliphatic carbocycles. The Hall–Kier alpha value is -0.920. The van der Waals surface area contributed by atoms with Gasteiger partial charge in [0, 0.05) is 22.3 Å². The normalized spacial score (nSPS) is 9.86. The Morgan fingerprint density at radius 3 is 3.21 bits per heavy atom. The minimum atomic E-state index is 0.564. The Bertz CT molecular complexity index is 522. The number of hydrogen-bond donors (Lipinski definition) is 2. The highest BCUT2D eigenvalue weighted by Crippen LogP contribution is 2.19. The molecule has 0 saturated carbocycles. The number of aromatic nitrogens is 2. The van der Waals surface area contributed by atoms with Gasteiger partial charge >= 0.3 is 0 Å². The molecule has 0 spiro atoms. The minimum absolute atomic E-state index is 0.564. The van der Waals surface area contributed by atoms with E-state index in [4.69, 9.17) is 0 Å². The number of nitrogens with one attached hydrogen (secondary N) is 1. The maximum absolute atomic E-state index is 4.22. The van der Waals surface area contributed by atoms with Crippen LogP contribution in [0.1, 0.15) is 5.56 Å². The number of rotatable bonds is 0. The van der Waals surface area contributed by atoms with Crippen molar-refractivity contribution in [3.8, 4) is 11.8 Å². The predicted octanol–water partition coefficient (Wildman–Crippen LogP) is 2.61. The van der Waals surface area contributed by atoms with Crippen molar-refractivity contribution in [3.05, 3.63) is 28.5 Å². The number of thiol groups is 1. The lowest BCUT2D eigenvalue weighted by molar-refractivity contribution is 1.31. The molecule has 2 aromatic heterocycles. The van der Waals surface area contributed by atoms with Crippen LogP contribution in [0.4, 0.5) is 0 Å². The van der Waals surface area contributed by atoms with Gasteiger partial charge in [0.15, 0.2) is 0 Å². The van der Waals surface area contributed by atoms with Crippen molar-refractivity contribution in [3.63, 3.8) is 0 Å². The highest BCUT2D eigenvalue weighted by Gasteiger charge is 2.02. The first kappa shape index (κ1) is 9.63. The van der Waals surface area contributed by atoms with Crippen molar-refractivity contribution < 1.29 is 0 Å². The Kier molecular flexibility index (Phi) is 2.80. The molecule has 0 radical (unpaired) electrons. The van der Waals surface area contributed by atoms with E-state index < -0.39 is 0 Å². The molecular weight excluding hydrogens is 260 g/mol. The van der Waals surface area contributed by atoms with Gasteiger partial charge in [0.05, 0.1) is 11.3 Å². The van der Waals surface area contributed by atoms with Gasteiger partial charge in [-0.3, -0.25) is 0 Å². The van der Waals surface area contributed by atoms with E-state index in [9.17, 15) is 0 Å². The number of pyridine rings is 1. The van der Waals surface area contributed by atoms with Gasteiger partial charge in [0.1, 0.15) is 5.65 Å². The fraction of sp³-hybridized carbons (Fsp3) is 0.100. The van der Waals surface area contributed by atoms with Gasteiger partial charge in [-0.15, -0.1) is 0 Å². The smallest absolute Gasteiger partial charge is 0.138 e. The predicted molar refractivity (Wildman–Crippen MR) is 64.5 cm³/mol. The van der Waals surface area contributed by atoms with E-state index in [1.807, 2.05) is 12.3 Å². The van der Waals surface area contributed by atoms with Crippen LogP contribution in [-0.2, 0) is 0 Å². The zero-order valence-corrected chi connectivity index (χ0v) is 9.69. The SMILES string of the molecule is SCC#Cc1c[nH]c2ncc(Br)cc12.